The molecule has 128 valence electrons. The number of carbonyl (C=O) groups is 1. The highest BCUT2D eigenvalue weighted by molar-refractivity contribution is 5.92. The van der Waals surface area contributed by atoms with Crippen molar-refractivity contribution in [1.29, 1.82) is 0 Å². The van der Waals surface area contributed by atoms with Gasteiger partial charge in [-0.25, -0.2) is 9.97 Å². The third-order valence-electron chi connectivity index (χ3n) is 3.54. The SMILES string of the molecule is CCCCNc1nccc(C(=O)NCCc2cccc(OC)c2)n1. The second-order valence-electron chi connectivity index (χ2n) is 5.40. The number of hydrogen-bond acceptors (Lipinski definition) is 5. The van der Waals surface area contributed by atoms with Gasteiger partial charge in [0.05, 0.1) is 7.11 Å². The maximum absolute atomic E-state index is 12.2. The van der Waals surface area contributed by atoms with Crippen molar-refractivity contribution in [1.82, 2.24) is 15.3 Å². The van der Waals surface area contributed by atoms with Crippen molar-refractivity contribution in [2.45, 2.75) is 26.2 Å². The zero-order chi connectivity index (χ0) is 17.2. The molecule has 1 aromatic heterocycles. The van der Waals surface area contributed by atoms with Gasteiger partial charge in [-0.1, -0.05) is 25.5 Å². The summed E-state index contributed by atoms with van der Waals surface area (Å²) < 4.78 is 5.19. The van der Waals surface area contributed by atoms with Gasteiger partial charge in [-0.05, 0) is 36.6 Å². The number of rotatable bonds is 9. The van der Waals surface area contributed by atoms with Gasteiger partial charge in [-0.3, -0.25) is 4.79 Å². The molecule has 1 amide bonds. The number of ether oxygens (including phenoxy) is 1. The normalized spacial score (nSPS) is 10.2. The second-order valence-corrected chi connectivity index (χ2v) is 5.40. The number of aromatic nitrogens is 2. The van der Waals surface area contributed by atoms with E-state index in [1.54, 1.807) is 19.4 Å². The molecule has 24 heavy (non-hydrogen) atoms. The summed E-state index contributed by atoms with van der Waals surface area (Å²) in [5, 5.41) is 6.00. The maximum Gasteiger partial charge on any atom is 0.270 e. The van der Waals surface area contributed by atoms with Gasteiger partial charge < -0.3 is 15.4 Å². The van der Waals surface area contributed by atoms with Crippen LogP contribution in [-0.2, 0) is 6.42 Å². The van der Waals surface area contributed by atoms with Crippen molar-refractivity contribution in [2.75, 3.05) is 25.5 Å². The van der Waals surface area contributed by atoms with E-state index in [0.29, 0.717) is 18.2 Å². The van der Waals surface area contributed by atoms with Crippen molar-refractivity contribution < 1.29 is 9.53 Å². The first-order valence-electron chi connectivity index (χ1n) is 8.21. The highest BCUT2D eigenvalue weighted by Gasteiger charge is 2.08. The monoisotopic (exact) mass is 328 g/mol. The molecular formula is C18H24N4O2. The van der Waals surface area contributed by atoms with Crippen LogP contribution in [0.1, 0.15) is 35.8 Å². The number of unbranched alkanes of at least 4 members (excludes halogenated alkanes) is 1. The number of methoxy groups -OCH3 is 1. The number of hydrogen-bond donors (Lipinski definition) is 2. The lowest BCUT2D eigenvalue weighted by Crippen LogP contribution is -2.27. The van der Waals surface area contributed by atoms with E-state index < -0.39 is 0 Å². The number of nitrogens with zero attached hydrogens (tertiary/aromatic N) is 2. The lowest BCUT2D eigenvalue weighted by atomic mass is 10.1. The van der Waals surface area contributed by atoms with Gasteiger partial charge in [-0.15, -0.1) is 0 Å². The van der Waals surface area contributed by atoms with Crippen LogP contribution in [0.25, 0.3) is 0 Å². The van der Waals surface area contributed by atoms with Crippen LogP contribution in [0.5, 0.6) is 5.75 Å². The Morgan fingerprint density at radius 2 is 2.12 bits per heavy atom. The van der Waals surface area contributed by atoms with Crippen LogP contribution in [0.3, 0.4) is 0 Å². The Morgan fingerprint density at radius 1 is 1.25 bits per heavy atom. The fourth-order valence-electron chi connectivity index (χ4n) is 2.19. The van der Waals surface area contributed by atoms with Crippen LogP contribution >= 0.6 is 0 Å². The van der Waals surface area contributed by atoms with Crippen molar-refractivity contribution >= 4 is 11.9 Å². The summed E-state index contributed by atoms with van der Waals surface area (Å²) in [5.41, 5.74) is 1.48. The third-order valence-corrected chi connectivity index (χ3v) is 3.54. The highest BCUT2D eigenvalue weighted by Crippen LogP contribution is 2.12. The molecule has 0 atom stereocenters. The van der Waals surface area contributed by atoms with Gasteiger partial charge in [0, 0.05) is 19.3 Å². The zero-order valence-electron chi connectivity index (χ0n) is 14.2. The van der Waals surface area contributed by atoms with Crippen molar-refractivity contribution in [3.63, 3.8) is 0 Å². The van der Waals surface area contributed by atoms with Crippen molar-refractivity contribution in [2.24, 2.45) is 0 Å². The summed E-state index contributed by atoms with van der Waals surface area (Å²) in [6.07, 6.45) is 4.46. The molecule has 1 aromatic carbocycles. The molecule has 0 saturated carbocycles. The first kappa shape index (κ1) is 17.7. The van der Waals surface area contributed by atoms with Crippen LogP contribution in [0.4, 0.5) is 5.95 Å². The van der Waals surface area contributed by atoms with Crippen LogP contribution in [0.2, 0.25) is 0 Å². The molecule has 0 bridgehead atoms. The second kappa shape index (κ2) is 9.50. The van der Waals surface area contributed by atoms with Crippen LogP contribution in [0, 0.1) is 0 Å². The molecule has 0 fully saturated rings. The Bertz CT molecular complexity index is 661. The van der Waals surface area contributed by atoms with E-state index in [2.05, 4.69) is 27.5 Å². The summed E-state index contributed by atoms with van der Waals surface area (Å²) in [4.78, 5) is 20.6. The van der Waals surface area contributed by atoms with Gasteiger partial charge in [0.15, 0.2) is 0 Å². The predicted octanol–water partition coefficient (Wildman–Crippen LogP) is 2.67. The molecule has 2 rings (SSSR count). The number of carbonyl (C=O) groups excluding carboxylic acids is 1. The largest absolute Gasteiger partial charge is 0.497 e. The Hall–Kier alpha value is -2.63. The van der Waals surface area contributed by atoms with E-state index in [1.165, 1.54) is 0 Å². The summed E-state index contributed by atoms with van der Waals surface area (Å²) in [6.45, 7) is 3.46. The minimum absolute atomic E-state index is 0.196. The highest BCUT2D eigenvalue weighted by atomic mass is 16.5. The van der Waals surface area contributed by atoms with Crippen LogP contribution < -0.4 is 15.4 Å². The molecule has 2 aromatic rings. The van der Waals surface area contributed by atoms with E-state index in [1.807, 2.05) is 24.3 Å². The number of amides is 1. The Morgan fingerprint density at radius 3 is 2.92 bits per heavy atom. The number of benzene rings is 1. The molecule has 0 unspecified atom stereocenters. The number of nitrogens with one attached hydrogen (secondary N) is 2. The summed E-state index contributed by atoms with van der Waals surface area (Å²) in [5.74, 6) is 1.11. The smallest absolute Gasteiger partial charge is 0.270 e. The van der Waals surface area contributed by atoms with Crippen LogP contribution in [0.15, 0.2) is 36.5 Å². The average molecular weight is 328 g/mol. The van der Waals surface area contributed by atoms with Gasteiger partial charge in [0.25, 0.3) is 5.91 Å². The Balaban J connectivity index is 1.84. The molecule has 0 aliphatic carbocycles. The minimum Gasteiger partial charge on any atom is -0.497 e. The third kappa shape index (κ3) is 5.53. The van der Waals surface area contributed by atoms with E-state index in [4.69, 9.17) is 4.74 Å². The summed E-state index contributed by atoms with van der Waals surface area (Å²) in [6, 6.07) is 9.43. The fourth-order valence-corrected chi connectivity index (χ4v) is 2.19. The molecule has 6 heteroatoms. The van der Waals surface area contributed by atoms with Gasteiger partial charge in [-0.2, -0.15) is 0 Å². The molecule has 0 aliphatic rings. The molecule has 6 nitrogen and oxygen atoms in total. The lowest BCUT2D eigenvalue weighted by Gasteiger charge is -2.08. The van der Waals surface area contributed by atoms with Gasteiger partial charge in [0.1, 0.15) is 11.4 Å². The molecule has 0 aliphatic heterocycles. The molecule has 2 N–H and O–H groups in total. The quantitative estimate of drug-likeness (QED) is 0.692. The molecule has 0 saturated heterocycles. The standard InChI is InChI=1S/C18H24N4O2/c1-3-4-10-20-18-21-12-9-16(22-18)17(23)19-11-8-14-6-5-7-15(13-14)24-2/h5-7,9,12-13H,3-4,8,10-11H2,1-2H3,(H,19,23)(H,20,21,22). The number of anilines is 1. The van der Waals surface area contributed by atoms with E-state index in [0.717, 1.165) is 37.1 Å². The van der Waals surface area contributed by atoms with Gasteiger partial charge >= 0.3 is 0 Å². The van der Waals surface area contributed by atoms with Crippen LogP contribution in [-0.4, -0.2) is 36.1 Å². The van der Waals surface area contributed by atoms with Crippen molar-refractivity contribution in [3.8, 4) is 5.75 Å². The summed E-state index contributed by atoms with van der Waals surface area (Å²) >= 11 is 0. The predicted molar refractivity (Wildman–Crippen MR) is 94.5 cm³/mol. The lowest BCUT2D eigenvalue weighted by molar-refractivity contribution is 0.0949. The molecular weight excluding hydrogens is 304 g/mol. The fraction of sp³-hybridized carbons (Fsp3) is 0.389. The first-order chi connectivity index (χ1) is 11.7. The molecule has 0 radical (unpaired) electrons. The Kier molecular flexibility index (Phi) is 7.01. The zero-order valence-corrected chi connectivity index (χ0v) is 14.2. The molecule has 0 spiro atoms. The van der Waals surface area contributed by atoms with E-state index in [9.17, 15) is 4.79 Å². The molecule has 1 heterocycles. The Labute approximate surface area is 142 Å². The van der Waals surface area contributed by atoms with E-state index >= 15 is 0 Å². The van der Waals surface area contributed by atoms with Crippen molar-refractivity contribution in [3.05, 3.63) is 47.8 Å². The van der Waals surface area contributed by atoms with Gasteiger partial charge in [0.2, 0.25) is 5.95 Å². The first-order valence-corrected chi connectivity index (χ1v) is 8.21. The van der Waals surface area contributed by atoms with E-state index in [-0.39, 0.29) is 5.91 Å². The topological polar surface area (TPSA) is 76.1 Å². The summed E-state index contributed by atoms with van der Waals surface area (Å²) in [7, 11) is 1.64. The average Bonchev–Trinajstić information content (AvgIpc) is 2.62. The minimum atomic E-state index is -0.196. The maximum atomic E-state index is 12.2.